The van der Waals surface area contributed by atoms with E-state index in [1.54, 1.807) is 31.2 Å². The summed E-state index contributed by atoms with van der Waals surface area (Å²) in [5, 5.41) is 33.4. The number of nitrogens with two attached hydrogens (primary N) is 1. The Labute approximate surface area is 177 Å². The molecule has 0 amide bonds. The summed E-state index contributed by atoms with van der Waals surface area (Å²) in [5.41, 5.74) is 8.93. The van der Waals surface area contributed by atoms with E-state index in [0.29, 0.717) is 28.4 Å². The van der Waals surface area contributed by atoms with Crippen LogP contribution in [0.2, 0.25) is 0 Å². The molecular weight excluding hydrogens is 400 g/mol. The quantitative estimate of drug-likeness (QED) is 0.587. The summed E-state index contributed by atoms with van der Waals surface area (Å²) in [5.74, 6) is -1.12. The third-order valence-electron chi connectivity index (χ3n) is 5.13. The first kappa shape index (κ1) is 19.8. The molecule has 1 atom stereocenters. The smallest absolute Gasteiger partial charge is 0.335 e. The molecule has 1 unspecified atom stereocenters. The summed E-state index contributed by atoms with van der Waals surface area (Å²) >= 11 is 0. The zero-order chi connectivity index (χ0) is 22.3. The van der Waals surface area contributed by atoms with Crippen molar-refractivity contribution < 1.29 is 24.5 Å². The second kappa shape index (κ2) is 7.42. The maximum absolute atomic E-state index is 11.1. The molecule has 4 rings (SSSR count). The number of rotatable bonds is 4. The molecule has 1 aliphatic rings. The molecule has 0 bridgehead atoms. The fraction of sp³-hybridized carbons (Fsp3) is 0.136. The molecule has 0 fully saturated rings. The topological polar surface area (TPSA) is 144 Å². The van der Waals surface area contributed by atoms with E-state index in [1.807, 2.05) is 0 Å². The molecular formula is C22H18N4O5. The minimum absolute atomic E-state index is 0.0278. The van der Waals surface area contributed by atoms with Gasteiger partial charge in [-0.2, -0.15) is 10.4 Å². The van der Waals surface area contributed by atoms with Crippen LogP contribution in [0.1, 0.15) is 33.1 Å². The molecule has 1 aromatic heterocycles. The largest absolute Gasteiger partial charge is 0.504 e. The van der Waals surface area contributed by atoms with Gasteiger partial charge in [0.1, 0.15) is 11.6 Å². The van der Waals surface area contributed by atoms with Gasteiger partial charge in [-0.1, -0.05) is 6.07 Å². The molecule has 9 heteroatoms. The highest BCUT2D eigenvalue weighted by Gasteiger charge is 2.36. The molecule has 2 aromatic carbocycles. The average molecular weight is 418 g/mol. The molecule has 0 spiro atoms. The predicted octanol–water partition coefficient (Wildman–Crippen LogP) is 2.81. The summed E-state index contributed by atoms with van der Waals surface area (Å²) in [6, 6.07) is 13.1. The first-order valence-electron chi connectivity index (χ1n) is 9.23. The summed E-state index contributed by atoms with van der Waals surface area (Å²) in [7, 11) is 1.44. The zero-order valence-electron chi connectivity index (χ0n) is 16.7. The second-order valence-corrected chi connectivity index (χ2v) is 6.92. The number of aromatic carboxylic acids is 1. The zero-order valence-corrected chi connectivity index (χ0v) is 16.7. The van der Waals surface area contributed by atoms with Crippen LogP contribution >= 0.6 is 0 Å². The summed E-state index contributed by atoms with van der Waals surface area (Å²) < 4.78 is 12.5. The van der Waals surface area contributed by atoms with Crippen LogP contribution in [0, 0.1) is 18.3 Å². The van der Waals surface area contributed by atoms with Crippen molar-refractivity contribution in [1.82, 2.24) is 9.78 Å². The number of methoxy groups -OCH3 is 1. The molecule has 1 aliphatic heterocycles. The lowest BCUT2D eigenvalue weighted by molar-refractivity contribution is 0.0697. The lowest BCUT2D eigenvalue weighted by Crippen LogP contribution is -2.22. The molecule has 4 N–H and O–H groups in total. The van der Waals surface area contributed by atoms with Gasteiger partial charge in [0.25, 0.3) is 0 Å². The minimum atomic E-state index is -1.03. The van der Waals surface area contributed by atoms with E-state index in [4.69, 9.17) is 20.3 Å². The Morgan fingerprint density at radius 2 is 2.00 bits per heavy atom. The SMILES string of the molecule is COc1cc(C2C(C#N)=C(N)Oc3c2c(C)nn3-c2ccc(C(=O)O)cc2)ccc1O. The normalized spacial score (nSPS) is 15.1. The number of phenols is 1. The Hall–Kier alpha value is -4.45. The number of hydrogen-bond acceptors (Lipinski definition) is 7. The van der Waals surface area contributed by atoms with E-state index in [2.05, 4.69) is 11.2 Å². The van der Waals surface area contributed by atoms with E-state index in [9.17, 15) is 15.2 Å². The van der Waals surface area contributed by atoms with Crippen molar-refractivity contribution in [2.75, 3.05) is 7.11 Å². The van der Waals surface area contributed by atoms with Gasteiger partial charge in [0.2, 0.25) is 11.8 Å². The van der Waals surface area contributed by atoms with E-state index in [0.717, 1.165) is 0 Å². The van der Waals surface area contributed by atoms with Crippen molar-refractivity contribution in [2.45, 2.75) is 12.8 Å². The highest BCUT2D eigenvalue weighted by molar-refractivity contribution is 5.87. The minimum Gasteiger partial charge on any atom is -0.504 e. The second-order valence-electron chi connectivity index (χ2n) is 6.92. The van der Waals surface area contributed by atoms with Crippen LogP contribution < -0.4 is 15.2 Å². The van der Waals surface area contributed by atoms with Crippen molar-refractivity contribution >= 4 is 5.97 Å². The number of carboxylic acid groups (broad SMARTS) is 1. The first-order chi connectivity index (χ1) is 14.8. The van der Waals surface area contributed by atoms with Crippen LogP contribution in [0.5, 0.6) is 17.4 Å². The number of hydrogen-bond donors (Lipinski definition) is 3. The van der Waals surface area contributed by atoms with Crippen molar-refractivity contribution in [1.29, 1.82) is 5.26 Å². The number of carboxylic acids is 1. The maximum atomic E-state index is 11.1. The number of carbonyl (C=O) groups is 1. The van der Waals surface area contributed by atoms with Gasteiger partial charge in [0.15, 0.2) is 11.5 Å². The number of fused-ring (bicyclic) bond motifs is 1. The molecule has 0 saturated heterocycles. The number of aryl methyl sites for hydroxylation is 1. The lowest BCUT2D eigenvalue weighted by Gasteiger charge is -2.25. The maximum Gasteiger partial charge on any atom is 0.335 e. The molecule has 0 radical (unpaired) electrons. The summed E-state index contributed by atoms with van der Waals surface area (Å²) in [6.45, 7) is 1.78. The van der Waals surface area contributed by atoms with Gasteiger partial charge in [-0.05, 0) is 48.9 Å². The van der Waals surface area contributed by atoms with E-state index >= 15 is 0 Å². The van der Waals surface area contributed by atoms with Crippen molar-refractivity contribution in [3.8, 4) is 29.1 Å². The summed E-state index contributed by atoms with van der Waals surface area (Å²) in [6.07, 6.45) is 0. The highest BCUT2D eigenvalue weighted by atomic mass is 16.5. The average Bonchev–Trinajstić information content (AvgIpc) is 3.09. The molecule has 9 nitrogen and oxygen atoms in total. The lowest BCUT2D eigenvalue weighted by atomic mass is 9.84. The number of benzene rings is 2. The van der Waals surface area contributed by atoms with Gasteiger partial charge >= 0.3 is 5.97 Å². The van der Waals surface area contributed by atoms with Crippen molar-refractivity contribution in [3.63, 3.8) is 0 Å². The number of nitrogens with zero attached hydrogens (tertiary/aromatic N) is 3. The van der Waals surface area contributed by atoms with Crippen LogP contribution in [0.4, 0.5) is 0 Å². The van der Waals surface area contributed by atoms with Crippen molar-refractivity contribution in [3.05, 3.63) is 76.3 Å². The van der Waals surface area contributed by atoms with E-state index < -0.39 is 11.9 Å². The Morgan fingerprint density at radius 1 is 1.29 bits per heavy atom. The Bertz CT molecular complexity index is 1270. The molecule has 31 heavy (non-hydrogen) atoms. The van der Waals surface area contributed by atoms with Gasteiger partial charge in [0, 0.05) is 0 Å². The number of aromatic nitrogens is 2. The van der Waals surface area contributed by atoms with Crippen LogP contribution in [-0.4, -0.2) is 33.1 Å². The molecule has 0 aliphatic carbocycles. The number of ether oxygens (including phenoxy) is 2. The third kappa shape index (κ3) is 3.20. The standard InChI is InChI=1S/C22H18N4O5/c1-11-18-19(13-5-8-16(27)17(9-13)30-2)15(10-23)20(24)31-21(18)26(25-11)14-6-3-12(4-7-14)22(28)29/h3-9,19,27H,24H2,1-2H3,(H,28,29). The Kier molecular flexibility index (Phi) is 4.75. The van der Waals surface area contributed by atoms with Crippen LogP contribution in [0.3, 0.4) is 0 Å². The van der Waals surface area contributed by atoms with E-state index in [-0.39, 0.29) is 28.5 Å². The van der Waals surface area contributed by atoms with Gasteiger partial charge in [-0.25, -0.2) is 9.48 Å². The van der Waals surface area contributed by atoms with Gasteiger partial charge < -0.3 is 25.4 Å². The van der Waals surface area contributed by atoms with Gasteiger partial charge in [0.05, 0.1) is 35.5 Å². The number of nitriles is 1. The molecule has 2 heterocycles. The summed E-state index contributed by atoms with van der Waals surface area (Å²) in [4.78, 5) is 11.1. The number of aromatic hydroxyl groups is 1. The van der Waals surface area contributed by atoms with Crippen LogP contribution in [0.25, 0.3) is 5.69 Å². The number of allylic oxidation sites excluding steroid dienone is 1. The van der Waals surface area contributed by atoms with Crippen molar-refractivity contribution in [2.24, 2.45) is 5.73 Å². The Morgan fingerprint density at radius 3 is 2.61 bits per heavy atom. The monoisotopic (exact) mass is 418 g/mol. The fourth-order valence-electron chi connectivity index (χ4n) is 3.64. The van der Waals surface area contributed by atoms with Gasteiger partial charge in [-0.3, -0.25) is 0 Å². The molecule has 3 aromatic rings. The van der Waals surface area contributed by atoms with Crippen LogP contribution in [-0.2, 0) is 0 Å². The number of phenolic OH excluding ortho intramolecular Hbond substituents is 1. The highest BCUT2D eigenvalue weighted by Crippen LogP contribution is 2.46. The third-order valence-corrected chi connectivity index (χ3v) is 5.13. The Balaban J connectivity index is 1.90. The van der Waals surface area contributed by atoms with Crippen LogP contribution in [0.15, 0.2) is 53.9 Å². The van der Waals surface area contributed by atoms with E-state index in [1.165, 1.54) is 30.0 Å². The van der Waals surface area contributed by atoms with Gasteiger partial charge in [-0.15, -0.1) is 0 Å². The molecule has 0 saturated carbocycles. The molecule has 156 valence electrons. The first-order valence-corrected chi connectivity index (χ1v) is 9.23. The predicted molar refractivity (Wildman–Crippen MR) is 109 cm³/mol. The fourth-order valence-corrected chi connectivity index (χ4v) is 3.64.